The Balaban J connectivity index is 1.37. The van der Waals surface area contributed by atoms with Crippen molar-refractivity contribution in [2.45, 2.75) is 32.7 Å². The molecule has 1 aromatic heterocycles. The van der Waals surface area contributed by atoms with Gasteiger partial charge in [-0.15, -0.1) is 11.3 Å². The Morgan fingerprint density at radius 2 is 2.00 bits per heavy atom. The van der Waals surface area contributed by atoms with Crippen molar-refractivity contribution in [3.05, 3.63) is 51.7 Å². The lowest BCUT2D eigenvalue weighted by Crippen LogP contribution is -2.25. The van der Waals surface area contributed by atoms with Crippen molar-refractivity contribution >= 4 is 17.0 Å². The molecule has 0 atom stereocenters. The molecular formula is C18H24N2S. The predicted molar refractivity (Wildman–Crippen MR) is 92.4 cm³/mol. The molecule has 3 rings (SSSR count). The number of anilines is 1. The lowest BCUT2D eigenvalue weighted by molar-refractivity contribution is 0.642. The van der Waals surface area contributed by atoms with Gasteiger partial charge in [-0.25, -0.2) is 0 Å². The zero-order valence-electron chi connectivity index (χ0n) is 12.8. The third-order valence-corrected chi connectivity index (χ3v) is 5.36. The quantitative estimate of drug-likeness (QED) is 0.781. The fourth-order valence-electron chi connectivity index (χ4n) is 2.95. The van der Waals surface area contributed by atoms with Gasteiger partial charge in [0, 0.05) is 35.1 Å². The Hall–Kier alpha value is -1.32. The Labute approximate surface area is 131 Å². The Morgan fingerprint density at radius 1 is 1.14 bits per heavy atom. The van der Waals surface area contributed by atoms with Gasteiger partial charge in [0.1, 0.15) is 0 Å². The van der Waals surface area contributed by atoms with Crippen molar-refractivity contribution in [1.82, 2.24) is 5.32 Å². The third kappa shape index (κ3) is 3.66. The van der Waals surface area contributed by atoms with Crippen LogP contribution in [-0.2, 0) is 19.4 Å². The zero-order valence-corrected chi connectivity index (χ0v) is 13.6. The van der Waals surface area contributed by atoms with Crippen LogP contribution in [0.5, 0.6) is 0 Å². The highest BCUT2D eigenvalue weighted by Crippen LogP contribution is 2.27. The molecule has 2 nitrogen and oxygen atoms in total. The van der Waals surface area contributed by atoms with Crippen LogP contribution >= 0.6 is 11.3 Å². The molecule has 0 aliphatic carbocycles. The molecular weight excluding hydrogens is 276 g/mol. The minimum absolute atomic E-state index is 1.02. The van der Waals surface area contributed by atoms with Crippen LogP contribution < -0.4 is 10.2 Å². The Bertz CT molecular complexity index is 576. The molecule has 2 heterocycles. The highest BCUT2D eigenvalue weighted by molar-refractivity contribution is 7.11. The van der Waals surface area contributed by atoms with Crippen molar-refractivity contribution in [2.24, 2.45) is 0 Å². The molecule has 0 saturated carbocycles. The van der Waals surface area contributed by atoms with Crippen LogP contribution in [0, 0.1) is 0 Å². The lowest BCUT2D eigenvalue weighted by atomic mass is 10.2. The van der Waals surface area contributed by atoms with Crippen LogP contribution in [0.15, 0.2) is 36.4 Å². The second-order valence-corrected chi connectivity index (χ2v) is 6.87. The van der Waals surface area contributed by atoms with Gasteiger partial charge in [0.15, 0.2) is 0 Å². The van der Waals surface area contributed by atoms with E-state index in [1.54, 1.807) is 0 Å². The van der Waals surface area contributed by atoms with Crippen LogP contribution in [0.25, 0.3) is 0 Å². The summed E-state index contributed by atoms with van der Waals surface area (Å²) in [5, 5.41) is 3.57. The van der Waals surface area contributed by atoms with Gasteiger partial charge >= 0.3 is 0 Å². The highest BCUT2D eigenvalue weighted by Gasteiger charge is 2.17. The van der Waals surface area contributed by atoms with Crippen LogP contribution in [0.3, 0.4) is 0 Å². The van der Waals surface area contributed by atoms with Crippen LogP contribution in [-0.4, -0.2) is 19.6 Å². The van der Waals surface area contributed by atoms with Crippen molar-refractivity contribution < 1.29 is 0 Å². The molecule has 0 fully saturated rings. The molecule has 0 bridgehead atoms. The van der Waals surface area contributed by atoms with Crippen molar-refractivity contribution in [1.29, 1.82) is 0 Å². The smallest absolute Gasteiger partial charge is 0.0399 e. The summed E-state index contributed by atoms with van der Waals surface area (Å²) in [6.45, 7) is 6.68. The van der Waals surface area contributed by atoms with Crippen molar-refractivity contribution in [3.63, 3.8) is 0 Å². The van der Waals surface area contributed by atoms with E-state index in [2.05, 4.69) is 53.5 Å². The summed E-state index contributed by atoms with van der Waals surface area (Å²) in [5.74, 6) is 0. The lowest BCUT2D eigenvalue weighted by Gasteiger charge is -2.19. The molecule has 1 aromatic carbocycles. The van der Waals surface area contributed by atoms with Gasteiger partial charge < -0.3 is 10.2 Å². The molecule has 0 unspecified atom stereocenters. The number of thiophene rings is 1. The average Bonchev–Trinajstić information content (AvgIpc) is 3.14. The minimum atomic E-state index is 1.02. The maximum atomic E-state index is 3.57. The molecule has 0 saturated heterocycles. The van der Waals surface area contributed by atoms with Crippen LogP contribution in [0.1, 0.15) is 28.7 Å². The second-order valence-electron chi connectivity index (χ2n) is 5.62. The largest absolute Gasteiger partial charge is 0.371 e. The van der Waals surface area contributed by atoms with Gasteiger partial charge in [-0.2, -0.15) is 0 Å². The van der Waals surface area contributed by atoms with E-state index in [1.165, 1.54) is 40.4 Å². The minimum Gasteiger partial charge on any atom is -0.371 e. The number of hydrogen-bond acceptors (Lipinski definition) is 3. The number of benzene rings is 1. The first kappa shape index (κ1) is 14.6. The fourth-order valence-corrected chi connectivity index (χ4v) is 3.88. The summed E-state index contributed by atoms with van der Waals surface area (Å²) < 4.78 is 0. The van der Waals surface area contributed by atoms with E-state index in [0.717, 1.165) is 26.1 Å². The number of hydrogen-bond donors (Lipinski definition) is 1. The van der Waals surface area contributed by atoms with Crippen LogP contribution in [0.2, 0.25) is 0 Å². The maximum Gasteiger partial charge on any atom is 0.0399 e. The van der Waals surface area contributed by atoms with Gasteiger partial charge in [0.05, 0.1) is 0 Å². The maximum absolute atomic E-state index is 3.57. The van der Waals surface area contributed by atoms with Gasteiger partial charge in [0.25, 0.3) is 0 Å². The highest BCUT2D eigenvalue weighted by atomic mass is 32.1. The first-order valence-electron chi connectivity index (χ1n) is 7.98. The van der Waals surface area contributed by atoms with E-state index in [4.69, 9.17) is 0 Å². The Morgan fingerprint density at radius 3 is 2.86 bits per heavy atom. The van der Waals surface area contributed by atoms with Gasteiger partial charge in [-0.3, -0.25) is 0 Å². The van der Waals surface area contributed by atoms with E-state index in [9.17, 15) is 0 Å². The van der Waals surface area contributed by atoms with E-state index in [1.807, 2.05) is 11.3 Å². The fraction of sp³-hybridized carbons (Fsp3) is 0.444. The molecule has 21 heavy (non-hydrogen) atoms. The number of aryl methyl sites for hydroxylation is 1. The van der Waals surface area contributed by atoms with Gasteiger partial charge in [-0.05, 0) is 49.6 Å². The SMILES string of the molecule is CCc1ccc(CNCCCN2CCc3ccccc32)s1. The number of para-hydroxylation sites is 1. The molecule has 1 aliphatic heterocycles. The molecule has 112 valence electrons. The zero-order chi connectivity index (χ0) is 14.5. The number of fused-ring (bicyclic) bond motifs is 1. The number of nitrogens with zero attached hydrogens (tertiary/aromatic N) is 1. The summed E-state index contributed by atoms with van der Waals surface area (Å²) in [7, 11) is 0. The van der Waals surface area contributed by atoms with Crippen molar-refractivity contribution in [2.75, 3.05) is 24.5 Å². The molecule has 3 heteroatoms. The van der Waals surface area contributed by atoms with E-state index >= 15 is 0 Å². The summed E-state index contributed by atoms with van der Waals surface area (Å²) in [6.07, 6.45) is 3.57. The number of nitrogens with one attached hydrogen (secondary N) is 1. The van der Waals surface area contributed by atoms with Gasteiger partial charge in [-0.1, -0.05) is 25.1 Å². The second kappa shape index (κ2) is 7.10. The summed E-state index contributed by atoms with van der Waals surface area (Å²) in [6, 6.07) is 13.3. The number of rotatable bonds is 7. The topological polar surface area (TPSA) is 15.3 Å². The van der Waals surface area contributed by atoms with E-state index in [0.29, 0.717) is 0 Å². The standard InChI is InChI=1S/C18H24N2S/c1-2-16-8-9-17(21-16)14-19-11-5-12-20-13-10-15-6-3-4-7-18(15)20/h3-4,6-9,19H,2,5,10-14H2,1H3. The average molecular weight is 300 g/mol. The molecule has 2 aromatic rings. The van der Waals surface area contributed by atoms with E-state index < -0.39 is 0 Å². The summed E-state index contributed by atoms with van der Waals surface area (Å²) in [4.78, 5) is 5.47. The summed E-state index contributed by atoms with van der Waals surface area (Å²) >= 11 is 1.93. The normalized spacial score (nSPS) is 13.7. The van der Waals surface area contributed by atoms with Crippen LogP contribution in [0.4, 0.5) is 5.69 Å². The first-order chi connectivity index (χ1) is 10.4. The predicted octanol–water partition coefficient (Wildman–Crippen LogP) is 3.85. The van der Waals surface area contributed by atoms with Gasteiger partial charge in [0.2, 0.25) is 0 Å². The van der Waals surface area contributed by atoms with Crippen molar-refractivity contribution in [3.8, 4) is 0 Å². The first-order valence-corrected chi connectivity index (χ1v) is 8.79. The third-order valence-electron chi connectivity index (χ3n) is 4.13. The molecule has 1 aliphatic rings. The Kier molecular flexibility index (Phi) is 4.94. The molecule has 0 spiro atoms. The molecule has 0 amide bonds. The van der Waals surface area contributed by atoms with E-state index in [-0.39, 0.29) is 0 Å². The molecule has 1 N–H and O–H groups in total. The summed E-state index contributed by atoms with van der Waals surface area (Å²) in [5.41, 5.74) is 2.96. The molecule has 0 radical (unpaired) electrons. The monoisotopic (exact) mass is 300 g/mol.